The molecule has 15 aromatic carbocycles. The van der Waals surface area contributed by atoms with Crippen molar-refractivity contribution in [2.24, 2.45) is 0 Å². The van der Waals surface area contributed by atoms with Crippen molar-refractivity contribution in [2.75, 3.05) is 0 Å². The maximum atomic E-state index is 3.49. The largest absolute Gasteiger partial charge is 0.209 e. The first-order valence-corrected chi connectivity index (χ1v) is 46.5. The van der Waals surface area contributed by atoms with E-state index in [-0.39, 0.29) is 131 Å². The van der Waals surface area contributed by atoms with E-state index in [1.807, 2.05) is 262 Å². The summed E-state index contributed by atoms with van der Waals surface area (Å²) in [5.41, 5.74) is 26.8. The van der Waals surface area contributed by atoms with E-state index in [9.17, 15) is 0 Å². The van der Waals surface area contributed by atoms with Gasteiger partial charge in [0, 0.05) is 131 Å². The number of aryl methyl sites for hydroxylation is 5. The van der Waals surface area contributed by atoms with E-state index in [1.54, 1.807) is 0 Å². The van der Waals surface area contributed by atoms with E-state index in [4.69, 9.17) is 0 Å². The van der Waals surface area contributed by atoms with Crippen molar-refractivity contribution in [3.8, 4) is 100 Å². The van der Waals surface area contributed by atoms with Crippen molar-refractivity contribution < 1.29 is 131 Å². The number of fused-ring (bicyclic) bond motifs is 1. The van der Waals surface area contributed by atoms with Crippen LogP contribution in [0.25, 0.3) is 111 Å². The normalized spacial score (nSPS) is 8.34. The van der Waals surface area contributed by atoms with Gasteiger partial charge in [0.05, 0.1) is 0 Å². The molecule has 4 heteroatoms. The Morgan fingerprint density at radius 1 is 0.165 bits per heavy atom. The molecule has 0 heterocycles. The van der Waals surface area contributed by atoms with E-state index in [0.29, 0.717) is 0 Å². The summed E-state index contributed by atoms with van der Waals surface area (Å²) < 4.78 is 0. The predicted octanol–water partition coefficient (Wildman–Crippen LogP) is 39.9. The van der Waals surface area contributed by atoms with Crippen LogP contribution in [0.4, 0.5) is 0 Å². The quantitative estimate of drug-likeness (QED) is 0.126. The molecule has 127 heavy (non-hydrogen) atoms. The Hall–Kier alpha value is -7.02. The Morgan fingerprint density at radius 3 is 0.882 bits per heavy atom. The maximum absolute atomic E-state index is 3.49. The summed E-state index contributed by atoms with van der Waals surface area (Å²) in [7, 11) is 0. The van der Waals surface area contributed by atoms with Gasteiger partial charge in [-0.3, -0.25) is 0 Å². The summed E-state index contributed by atoms with van der Waals surface area (Å²) in [6.07, 6.45) is 0. The molecule has 0 nitrogen and oxygen atoms in total. The molecule has 0 unspecified atom stereocenters. The second-order valence-corrected chi connectivity index (χ2v) is 22.8. The Kier molecular flexibility index (Phi) is 105. The minimum atomic E-state index is 0. The second kappa shape index (κ2) is 96.5. The van der Waals surface area contributed by atoms with Gasteiger partial charge < -0.3 is 0 Å². The van der Waals surface area contributed by atoms with Crippen molar-refractivity contribution in [1.29, 1.82) is 0 Å². The molecule has 4 radical (unpaired) electrons. The maximum Gasteiger partial charge on any atom is 0 e. The zero-order valence-corrected chi connectivity index (χ0v) is 96.9. The minimum Gasteiger partial charge on any atom is -0.209 e. The fourth-order valence-corrected chi connectivity index (χ4v) is 10.9. The van der Waals surface area contributed by atoms with Gasteiger partial charge in [0.1, 0.15) is 0 Å². The van der Waals surface area contributed by atoms with Crippen LogP contribution in [0, 0.1) is 83.1 Å². The zero-order valence-electron chi connectivity index (χ0n) is 85.6. The molecule has 0 fully saturated rings. The third-order valence-electron chi connectivity index (χ3n) is 15.7. The van der Waals surface area contributed by atoms with Crippen molar-refractivity contribution in [1.82, 2.24) is 0 Å². The van der Waals surface area contributed by atoms with E-state index < -0.39 is 0 Å². The summed E-state index contributed by atoms with van der Waals surface area (Å²) in [4.78, 5) is 0. The third-order valence-corrected chi connectivity index (χ3v) is 15.7. The van der Waals surface area contributed by atoms with E-state index in [0.717, 1.165) is 72.3 Å². The van der Waals surface area contributed by atoms with Gasteiger partial charge in [0.2, 0.25) is 0 Å². The molecule has 0 atom stereocenters. The van der Waals surface area contributed by atoms with Crippen LogP contribution in [0.1, 0.15) is 236 Å². The van der Waals surface area contributed by atoms with Gasteiger partial charge in [-0.05, 0) is 42.7 Å². The van der Waals surface area contributed by atoms with Crippen LogP contribution in [-0.2, 0) is 131 Å². The Labute approximate surface area is 883 Å². The molecular formula is C123H160Y4-8. The summed E-state index contributed by atoms with van der Waals surface area (Å²) in [6, 6.07) is 142. The van der Waals surface area contributed by atoms with Crippen molar-refractivity contribution >= 4 is 10.8 Å². The van der Waals surface area contributed by atoms with Crippen LogP contribution in [0.15, 0.2) is 334 Å². The minimum absolute atomic E-state index is 0. The van der Waals surface area contributed by atoms with E-state index in [2.05, 4.69) is 362 Å². The van der Waals surface area contributed by atoms with E-state index >= 15 is 0 Å². The standard InChI is InChI=1S/4C19H14.C17H14.15C2H6.4Y/c3*1-15-7-5-10-17(13-15)19-12-6-11-18(14-19)16-8-3-2-4-9-16;1-15-8-5-6-13-19(15)18-12-7-11-17(14-18)16-9-3-2-4-10-16;1-13-9-11-15(12-10-13)17-8-4-6-14-5-2-3-7-16(14)17;15*1-2;;;;/h2-8,10-13H,1H3;2-9,11-13H,1H3;2-12H,1H3;2-9,11-13H,1H3;2-12H,1H3;15*1-2H3;;;;/q4*-2;;;;;;;;;;;;;;;;;;;;. The Morgan fingerprint density at radius 2 is 0.465 bits per heavy atom. The van der Waals surface area contributed by atoms with Crippen molar-refractivity contribution in [3.63, 3.8) is 0 Å². The van der Waals surface area contributed by atoms with Gasteiger partial charge >= 0.3 is 0 Å². The fourth-order valence-electron chi connectivity index (χ4n) is 10.9. The average molecular weight is 1990 g/mol. The van der Waals surface area contributed by atoms with Gasteiger partial charge in [-0.2, -0.15) is 156 Å². The molecule has 0 saturated heterocycles. The van der Waals surface area contributed by atoms with Crippen LogP contribution in [0.2, 0.25) is 0 Å². The van der Waals surface area contributed by atoms with E-state index in [1.165, 1.54) is 66.4 Å². The Bertz CT molecular complexity index is 4530. The van der Waals surface area contributed by atoms with Gasteiger partial charge in [-0.1, -0.05) is 436 Å². The number of benzene rings is 15. The third kappa shape index (κ3) is 54.4. The second-order valence-electron chi connectivity index (χ2n) is 22.8. The number of hydrogen-bond acceptors (Lipinski definition) is 0. The van der Waals surface area contributed by atoms with Crippen LogP contribution < -0.4 is 0 Å². The van der Waals surface area contributed by atoms with Gasteiger partial charge in [-0.25, -0.2) is 22.3 Å². The van der Waals surface area contributed by atoms with Crippen LogP contribution in [-0.4, -0.2) is 0 Å². The zero-order chi connectivity index (χ0) is 94.0. The monoisotopic (exact) mass is 1990 g/mol. The summed E-state index contributed by atoms with van der Waals surface area (Å²) in [5.74, 6) is 0. The van der Waals surface area contributed by atoms with Gasteiger partial charge in [0.15, 0.2) is 0 Å². The first kappa shape index (κ1) is 138. The summed E-state index contributed by atoms with van der Waals surface area (Å²) in [5, 5.41) is 2.62. The molecule has 0 bridgehead atoms. The topological polar surface area (TPSA) is 0 Å². The summed E-state index contributed by atoms with van der Waals surface area (Å²) >= 11 is 0. The first-order valence-electron chi connectivity index (χ1n) is 46.5. The van der Waals surface area contributed by atoms with Crippen molar-refractivity contribution in [2.45, 2.75) is 242 Å². The molecule has 0 saturated carbocycles. The number of rotatable bonds is 9. The molecule has 0 aliphatic carbocycles. The molecule has 15 rings (SSSR count). The molecular weight excluding hydrogens is 1830 g/mol. The average Bonchev–Trinajstić information content (AvgIpc) is 0.796. The number of hydrogen-bond donors (Lipinski definition) is 0. The molecule has 0 aromatic heterocycles. The van der Waals surface area contributed by atoms with Crippen LogP contribution >= 0.6 is 0 Å². The first-order chi connectivity index (χ1) is 60.7. The molecule has 0 amide bonds. The molecule has 672 valence electrons. The summed E-state index contributed by atoms with van der Waals surface area (Å²) in [6.45, 7) is 70.5. The smallest absolute Gasteiger partial charge is 0 e. The van der Waals surface area contributed by atoms with Crippen LogP contribution in [0.5, 0.6) is 0 Å². The Balaban J connectivity index is -0.000000180. The molecule has 0 N–H and O–H groups in total. The van der Waals surface area contributed by atoms with Crippen molar-refractivity contribution in [3.05, 3.63) is 410 Å². The molecule has 0 spiro atoms. The predicted molar refractivity (Wildman–Crippen MR) is 563 cm³/mol. The van der Waals surface area contributed by atoms with Crippen LogP contribution in [0.3, 0.4) is 0 Å². The molecule has 0 aliphatic heterocycles. The molecule has 0 aliphatic rings. The van der Waals surface area contributed by atoms with Gasteiger partial charge in [-0.15, -0.1) is 106 Å². The molecule has 15 aromatic rings. The SMILES string of the molecule is CC.CC.CC.CC.CC.CC.CC.CC.CC.CC.CC.CC.CC.CC.CC.Cc1[c-]c(-c2[c-]c(-c3ccccc3)ccc2)ccc1.Cc1cc[c-]c(-c2[c-]c(-c3ccccc3)ccc2)c1.Cc1ccc(-c2cccc3ccccc23)cc1.Cc1cccc(-c2[c-]c(-c3[c-]cccc3)ccc2)c1.Cc1ccccc1-c1[c-]c(-c2[c-]cccc2)ccc1.[Y].[Y].[Y].[Y]. The fraction of sp³-hybridized carbons (Fsp3) is 0.285. The van der Waals surface area contributed by atoms with Gasteiger partial charge in [0.25, 0.3) is 0 Å².